The van der Waals surface area contributed by atoms with Gasteiger partial charge >= 0.3 is 0 Å². The summed E-state index contributed by atoms with van der Waals surface area (Å²) in [6.45, 7) is 5.46. The fourth-order valence-electron chi connectivity index (χ4n) is 2.18. The molecule has 2 rings (SSSR count). The molecule has 94 valence electrons. The van der Waals surface area contributed by atoms with E-state index in [0.29, 0.717) is 6.54 Å². The molecule has 2 heterocycles. The number of hydrogen-bond acceptors (Lipinski definition) is 4. The summed E-state index contributed by atoms with van der Waals surface area (Å²) < 4.78 is 0. The summed E-state index contributed by atoms with van der Waals surface area (Å²) in [6.07, 6.45) is 1.11. The van der Waals surface area contributed by atoms with E-state index in [1.54, 1.807) is 11.3 Å². The second-order valence-corrected chi connectivity index (χ2v) is 5.48. The van der Waals surface area contributed by atoms with Crippen LogP contribution in [0.15, 0.2) is 17.5 Å². The van der Waals surface area contributed by atoms with E-state index in [9.17, 15) is 4.79 Å². The van der Waals surface area contributed by atoms with Crippen molar-refractivity contribution in [3.63, 3.8) is 0 Å². The molecule has 0 bridgehead atoms. The number of nitrogens with two attached hydrogens (primary N) is 1. The lowest BCUT2D eigenvalue weighted by molar-refractivity contribution is -0.119. The Kier molecular flexibility index (Phi) is 4.53. The van der Waals surface area contributed by atoms with Crippen molar-refractivity contribution >= 4 is 17.2 Å². The van der Waals surface area contributed by atoms with E-state index in [1.165, 1.54) is 4.88 Å². The zero-order valence-corrected chi connectivity index (χ0v) is 10.8. The van der Waals surface area contributed by atoms with Crippen LogP contribution in [0.3, 0.4) is 0 Å². The van der Waals surface area contributed by atoms with E-state index < -0.39 is 0 Å². The van der Waals surface area contributed by atoms with Crippen molar-refractivity contribution < 1.29 is 4.79 Å². The highest BCUT2D eigenvalue weighted by Crippen LogP contribution is 2.13. The standard InChI is InChI=1S/C12H19N3OS/c13-12(16)10-15-5-2-4-14(6-7-15)9-11-3-1-8-17-11/h1,3,8H,2,4-7,9-10H2,(H2,13,16). The van der Waals surface area contributed by atoms with Gasteiger partial charge in [0.2, 0.25) is 5.91 Å². The van der Waals surface area contributed by atoms with E-state index in [4.69, 9.17) is 5.73 Å². The van der Waals surface area contributed by atoms with Crippen molar-refractivity contribution in [1.82, 2.24) is 9.80 Å². The molecule has 0 spiro atoms. The molecule has 1 aromatic rings. The van der Waals surface area contributed by atoms with Crippen LogP contribution in [-0.2, 0) is 11.3 Å². The van der Waals surface area contributed by atoms with Gasteiger partial charge in [0.05, 0.1) is 6.54 Å². The van der Waals surface area contributed by atoms with Crippen LogP contribution in [0, 0.1) is 0 Å². The quantitative estimate of drug-likeness (QED) is 0.861. The molecule has 0 radical (unpaired) electrons. The number of amides is 1. The van der Waals surface area contributed by atoms with Crippen molar-refractivity contribution in [3.05, 3.63) is 22.4 Å². The van der Waals surface area contributed by atoms with Gasteiger partial charge < -0.3 is 5.73 Å². The van der Waals surface area contributed by atoms with Crippen molar-refractivity contribution in [3.8, 4) is 0 Å². The van der Waals surface area contributed by atoms with Crippen LogP contribution in [0.2, 0.25) is 0 Å². The van der Waals surface area contributed by atoms with Crippen LogP contribution in [0.4, 0.5) is 0 Å². The minimum Gasteiger partial charge on any atom is -0.369 e. The molecule has 1 aromatic heterocycles. The Balaban J connectivity index is 1.81. The lowest BCUT2D eigenvalue weighted by Crippen LogP contribution is -2.36. The Hall–Kier alpha value is -0.910. The number of carbonyl (C=O) groups is 1. The fourth-order valence-corrected chi connectivity index (χ4v) is 2.93. The molecule has 2 N–H and O–H groups in total. The van der Waals surface area contributed by atoms with Gasteiger partial charge in [0, 0.05) is 24.5 Å². The monoisotopic (exact) mass is 253 g/mol. The predicted molar refractivity (Wildman–Crippen MR) is 69.8 cm³/mol. The second kappa shape index (κ2) is 6.14. The first-order valence-electron chi connectivity index (χ1n) is 5.99. The molecule has 1 aliphatic rings. The summed E-state index contributed by atoms with van der Waals surface area (Å²) in [4.78, 5) is 16.9. The number of rotatable bonds is 4. The first-order valence-corrected chi connectivity index (χ1v) is 6.87. The Labute approximate surface area is 106 Å². The van der Waals surface area contributed by atoms with Gasteiger partial charge in [0.25, 0.3) is 0 Å². The zero-order chi connectivity index (χ0) is 12.1. The third-order valence-electron chi connectivity index (χ3n) is 3.02. The number of thiophene rings is 1. The zero-order valence-electron chi connectivity index (χ0n) is 9.97. The Bertz CT molecular complexity index is 353. The van der Waals surface area contributed by atoms with Crippen molar-refractivity contribution in [2.75, 3.05) is 32.7 Å². The molecule has 0 unspecified atom stereocenters. The van der Waals surface area contributed by atoms with Gasteiger partial charge in [-0.05, 0) is 31.0 Å². The van der Waals surface area contributed by atoms with Crippen LogP contribution >= 0.6 is 11.3 Å². The highest BCUT2D eigenvalue weighted by atomic mass is 32.1. The molecule has 0 atom stereocenters. The molecule has 1 fully saturated rings. The van der Waals surface area contributed by atoms with E-state index in [1.807, 2.05) is 0 Å². The molecular weight excluding hydrogens is 234 g/mol. The summed E-state index contributed by atoms with van der Waals surface area (Å²) >= 11 is 1.81. The molecule has 1 amide bonds. The molecule has 1 aliphatic heterocycles. The minimum absolute atomic E-state index is 0.225. The third-order valence-corrected chi connectivity index (χ3v) is 3.88. The molecule has 4 nitrogen and oxygen atoms in total. The maximum atomic E-state index is 10.9. The second-order valence-electron chi connectivity index (χ2n) is 4.45. The first kappa shape index (κ1) is 12.5. The summed E-state index contributed by atoms with van der Waals surface area (Å²) in [7, 11) is 0. The summed E-state index contributed by atoms with van der Waals surface area (Å²) in [6, 6.07) is 4.27. The Morgan fingerprint density at radius 1 is 1.29 bits per heavy atom. The normalized spacial score (nSPS) is 19.1. The van der Waals surface area contributed by atoms with Gasteiger partial charge in [0.15, 0.2) is 0 Å². The van der Waals surface area contributed by atoms with Crippen molar-refractivity contribution in [1.29, 1.82) is 0 Å². The van der Waals surface area contributed by atoms with Crippen LogP contribution in [0.25, 0.3) is 0 Å². The molecule has 0 aliphatic carbocycles. The smallest absolute Gasteiger partial charge is 0.231 e. The van der Waals surface area contributed by atoms with Crippen LogP contribution in [0.1, 0.15) is 11.3 Å². The van der Waals surface area contributed by atoms with Crippen LogP contribution in [-0.4, -0.2) is 48.4 Å². The van der Waals surface area contributed by atoms with E-state index in [-0.39, 0.29) is 5.91 Å². The molecule has 1 saturated heterocycles. The molecule has 17 heavy (non-hydrogen) atoms. The lowest BCUT2D eigenvalue weighted by atomic mass is 10.3. The molecule has 5 heteroatoms. The first-order chi connectivity index (χ1) is 8.24. The molecular formula is C12H19N3OS. The van der Waals surface area contributed by atoms with Gasteiger partial charge in [-0.1, -0.05) is 6.07 Å². The van der Waals surface area contributed by atoms with Crippen LogP contribution < -0.4 is 5.73 Å². The maximum Gasteiger partial charge on any atom is 0.231 e. The van der Waals surface area contributed by atoms with Gasteiger partial charge in [0.1, 0.15) is 0 Å². The highest BCUT2D eigenvalue weighted by molar-refractivity contribution is 7.09. The SMILES string of the molecule is NC(=O)CN1CCCN(Cc2cccs2)CC1. The van der Waals surface area contributed by atoms with Gasteiger partial charge in [-0.15, -0.1) is 11.3 Å². The van der Waals surface area contributed by atoms with Crippen molar-refractivity contribution in [2.45, 2.75) is 13.0 Å². The van der Waals surface area contributed by atoms with E-state index in [0.717, 1.165) is 39.1 Å². The summed E-state index contributed by atoms with van der Waals surface area (Å²) in [5, 5.41) is 2.12. The average molecular weight is 253 g/mol. The maximum absolute atomic E-state index is 10.9. The Morgan fingerprint density at radius 3 is 2.76 bits per heavy atom. The van der Waals surface area contributed by atoms with Crippen molar-refractivity contribution in [2.24, 2.45) is 5.73 Å². The average Bonchev–Trinajstić information content (AvgIpc) is 2.68. The predicted octanol–water partition coefficient (Wildman–Crippen LogP) is 0.741. The minimum atomic E-state index is -0.225. The molecule has 0 aromatic carbocycles. The molecule has 0 saturated carbocycles. The largest absolute Gasteiger partial charge is 0.369 e. The summed E-state index contributed by atoms with van der Waals surface area (Å²) in [5.74, 6) is -0.225. The van der Waals surface area contributed by atoms with Crippen LogP contribution in [0.5, 0.6) is 0 Å². The number of primary amides is 1. The van der Waals surface area contributed by atoms with Gasteiger partial charge in [-0.3, -0.25) is 14.6 Å². The van der Waals surface area contributed by atoms with E-state index in [2.05, 4.69) is 27.3 Å². The summed E-state index contributed by atoms with van der Waals surface area (Å²) in [5.41, 5.74) is 5.23. The lowest BCUT2D eigenvalue weighted by Gasteiger charge is -2.20. The topological polar surface area (TPSA) is 49.6 Å². The van der Waals surface area contributed by atoms with Gasteiger partial charge in [-0.25, -0.2) is 0 Å². The number of nitrogens with zero attached hydrogens (tertiary/aromatic N) is 2. The Morgan fingerprint density at radius 2 is 2.06 bits per heavy atom. The number of carbonyl (C=O) groups excluding carboxylic acids is 1. The fraction of sp³-hybridized carbons (Fsp3) is 0.583. The van der Waals surface area contributed by atoms with E-state index >= 15 is 0 Å². The van der Waals surface area contributed by atoms with Gasteiger partial charge in [-0.2, -0.15) is 0 Å². The third kappa shape index (κ3) is 4.11. The highest BCUT2D eigenvalue weighted by Gasteiger charge is 2.16. The number of hydrogen-bond donors (Lipinski definition) is 1.